The van der Waals surface area contributed by atoms with Gasteiger partial charge in [0.15, 0.2) is 0 Å². The number of aromatic nitrogens is 2. The van der Waals surface area contributed by atoms with E-state index in [1.54, 1.807) is 0 Å². The van der Waals surface area contributed by atoms with Crippen LogP contribution in [0.5, 0.6) is 0 Å². The highest BCUT2D eigenvalue weighted by atomic mass is 15.1. The van der Waals surface area contributed by atoms with Crippen LogP contribution in [0.25, 0.3) is 0 Å². The summed E-state index contributed by atoms with van der Waals surface area (Å²) in [6.45, 7) is 7.61. The van der Waals surface area contributed by atoms with Crippen molar-refractivity contribution in [2.45, 2.75) is 58.5 Å². The molecule has 0 aromatic carbocycles. The molecular weight excluding hydrogens is 224 g/mol. The minimum absolute atomic E-state index is 0.440. The summed E-state index contributed by atoms with van der Waals surface area (Å²) in [6.07, 6.45) is 4.33. The summed E-state index contributed by atoms with van der Waals surface area (Å²) in [7, 11) is 0. The lowest BCUT2D eigenvalue weighted by molar-refractivity contribution is 0.388. The van der Waals surface area contributed by atoms with E-state index >= 15 is 0 Å². The first kappa shape index (κ1) is 13.3. The Morgan fingerprint density at radius 1 is 1.28 bits per heavy atom. The Morgan fingerprint density at radius 3 is 2.50 bits per heavy atom. The summed E-state index contributed by atoms with van der Waals surface area (Å²) in [6, 6.07) is 3.03. The van der Waals surface area contributed by atoms with Crippen LogP contribution >= 0.6 is 0 Å². The third-order valence-corrected chi connectivity index (χ3v) is 3.63. The van der Waals surface area contributed by atoms with Crippen molar-refractivity contribution < 1.29 is 0 Å². The summed E-state index contributed by atoms with van der Waals surface area (Å²) in [5.41, 5.74) is 2.25. The first-order valence-corrected chi connectivity index (χ1v) is 7.09. The Hall–Kier alpha value is -1.16. The predicted octanol–water partition coefficient (Wildman–Crippen LogP) is 2.15. The molecule has 4 nitrogen and oxygen atoms in total. The number of hydrogen-bond donors (Lipinski definition) is 2. The second-order valence-corrected chi connectivity index (χ2v) is 5.02. The highest BCUT2D eigenvalue weighted by Gasteiger charge is 2.21. The van der Waals surface area contributed by atoms with Gasteiger partial charge in [-0.05, 0) is 45.2 Å². The number of hydrogen-bond acceptors (Lipinski definition) is 4. The van der Waals surface area contributed by atoms with Crippen LogP contribution in [0.3, 0.4) is 0 Å². The van der Waals surface area contributed by atoms with Crippen LogP contribution in [-0.2, 0) is 12.8 Å². The highest BCUT2D eigenvalue weighted by molar-refractivity contribution is 5.30. The van der Waals surface area contributed by atoms with Crippen molar-refractivity contribution >= 4 is 5.95 Å². The Balaban J connectivity index is 2.12. The molecule has 2 atom stereocenters. The molecule has 1 aliphatic rings. The second-order valence-electron chi connectivity index (χ2n) is 5.02. The maximum atomic E-state index is 4.58. The minimum Gasteiger partial charge on any atom is -0.350 e. The molecule has 100 valence electrons. The first-order valence-electron chi connectivity index (χ1n) is 7.09. The Morgan fingerprint density at radius 2 is 1.94 bits per heavy atom. The van der Waals surface area contributed by atoms with E-state index in [4.69, 9.17) is 0 Å². The number of nitrogens with one attached hydrogen (secondary N) is 2. The van der Waals surface area contributed by atoms with Crippen LogP contribution in [0.1, 0.15) is 45.0 Å². The zero-order chi connectivity index (χ0) is 13.0. The molecular formula is C14H24N4. The molecule has 0 amide bonds. The molecule has 1 saturated heterocycles. The summed E-state index contributed by atoms with van der Waals surface area (Å²) < 4.78 is 0. The smallest absolute Gasteiger partial charge is 0.223 e. The molecule has 0 bridgehead atoms. The normalized spacial score (nSPS) is 23.9. The van der Waals surface area contributed by atoms with Crippen molar-refractivity contribution in [3.8, 4) is 0 Å². The lowest BCUT2D eigenvalue weighted by Gasteiger charge is -2.30. The van der Waals surface area contributed by atoms with Gasteiger partial charge in [0.2, 0.25) is 5.95 Å². The van der Waals surface area contributed by atoms with Crippen molar-refractivity contribution in [3.63, 3.8) is 0 Å². The lowest BCUT2D eigenvalue weighted by Crippen LogP contribution is -2.46. The van der Waals surface area contributed by atoms with Crippen LogP contribution in [0.15, 0.2) is 6.07 Å². The number of aryl methyl sites for hydroxylation is 2. The number of nitrogens with zero attached hydrogens (tertiary/aromatic N) is 2. The number of anilines is 1. The summed E-state index contributed by atoms with van der Waals surface area (Å²) in [5, 5.41) is 6.99. The molecule has 0 spiro atoms. The van der Waals surface area contributed by atoms with Crippen molar-refractivity contribution in [2.75, 3.05) is 11.9 Å². The van der Waals surface area contributed by atoms with E-state index in [9.17, 15) is 0 Å². The summed E-state index contributed by atoms with van der Waals surface area (Å²) in [4.78, 5) is 9.16. The van der Waals surface area contributed by atoms with E-state index in [1.807, 2.05) is 0 Å². The zero-order valence-electron chi connectivity index (χ0n) is 11.7. The highest BCUT2D eigenvalue weighted by Crippen LogP contribution is 2.14. The molecule has 1 aromatic rings. The van der Waals surface area contributed by atoms with Gasteiger partial charge in [0, 0.05) is 23.5 Å². The fourth-order valence-electron chi connectivity index (χ4n) is 2.39. The summed E-state index contributed by atoms with van der Waals surface area (Å²) >= 11 is 0. The maximum absolute atomic E-state index is 4.58. The maximum Gasteiger partial charge on any atom is 0.223 e. The third kappa shape index (κ3) is 3.19. The van der Waals surface area contributed by atoms with E-state index in [0.717, 1.165) is 36.7 Å². The van der Waals surface area contributed by atoms with Gasteiger partial charge in [-0.15, -0.1) is 0 Å². The Labute approximate surface area is 110 Å². The molecule has 2 N–H and O–H groups in total. The molecule has 1 fully saturated rings. The fraction of sp³-hybridized carbons (Fsp3) is 0.714. The second kappa shape index (κ2) is 6.14. The fourth-order valence-corrected chi connectivity index (χ4v) is 2.39. The van der Waals surface area contributed by atoms with Crippen LogP contribution < -0.4 is 10.6 Å². The van der Waals surface area contributed by atoms with E-state index in [2.05, 4.69) is 47.4 Å². The molecule has 2 heterocycles. The van der Waals surface area contributed by atoms with Crippen molar-refractivity contribution in [1.29, 1.82) is 0 Å². The Kier molecular flexibility index (Phi) is 4.53. The van der Waals surface area contributed by atoms with E-state index in [1.165, 1.54) is 12.8 Å². The topological polar surface area (TPSA) is 49.8 Å². The first-order chi connectivity index (χ1) is 8.72. The molecule has 18 heavy (non-hydrogen) atoms. The largest absolute Gasteiger partial charge is 0.350 e. The molecule has 1 aliphatic heterocycles. The van der Waals surface area contributed by atoms with E-state index in [0.29, 0.717) is 12.1 Å². The molecule has 2 unspecified atom stereocenters. The van der Waals surface area contributed by atoms with E-state index in [-0.39, 0.29) is 0 Å². The van der Waals surface area contributed by atoms with Gasteiger partial charge in [-0.2, -0.15) is 0 Å². The quantitative estimate of drug-likeness (QED) is 0.857. The van der Waals surface area contributed by atoms with Crippen LogP contribution in [0, 0.1) is 0 Å². The molecule has 4 heteroatoms. The standard InChI is InChI=1S/C14H24N4/c1-4-11-9-12(5-2)17-14(16-11)18-13-7-6-8-15-10(13)3/h9-10,13,15H,4-8H2,1-3H3,(H,16,17,18). The lowest BCUT2D eigenvalue weighted by atomic mass is 10.0. The molecule has 0 saturated carbocycles. The summed E-state index contributed by atoms with van der Waals surface area (Å²) in [5.74, 6) is 0.798. The van der Waals surface area contributed by atoms with E-state index < -0.39 is 0 Å². The predicted molar refractivity (Wildman–Crippen MR) is 74.9 cm³/mol. The third-order valence-electron chi connectivity index (χ3n) is 3.63. The van der Waals surface area contributed by atoms with Crippen LogP contribution in [-0.4, -0.2) is 28.6 Å². The SMILES string of the molecule is CCc1cc(CC)nc(NC2CCCNC2C)n1. The molecule has 2 rings (SSSR count). The van der Waals surface area contributed by atoms with Crippen molar-refractivity contribution in [1.82, 2.24) is 15.3 Å². The van der Waals surface area contributed by atoms with Gasteiger partial charge in [-0.3, -0.25) is 0 Å². The molecule has 0 radical (unpaired) electrons. The zero-order valence-corrected chi connectivity index (χ0v) is 11.7. The molecule has 0 aliphatic carbocycles. The van der Waals surface area contributed by atoms with Crippen molar-refractivity contribution in [2.24, 2.45) is 0 Å². The van der Waals surface area contributed by atoms with Gasteiger partial charge in [0.05, 0.1) is 0 Å². The van der Waals surface area contributed by atoms with Crippen LogP contribution in [0.4, 0.5) is 5.95 Å². The van der Waals surface area contributed by atoms with Crippen molar-refractivity contribution in [3.05, 3.63) is 17.5 Å². The van der Waals surface area contributed by atoms with Gasteiger partial charge in [0.1, 0.15) is 0 Å². The average Bonchev–Trinajstić information content (AvgIpc) is 2.41. The van der Waals surface area contributed by atoms with Gasteiger partial charge >= 0.3 is 0 Å². The van der Waals surface area contributed by atoms with Gasteiger partial charge in [-0.25, -0.2) is 9.97 Å². The Bertz CT molecular complexity index is 369. The average molecular weight is 248 g/mol. The monoisotopic (exact) mass is 248 g/mol. The number of rotatable bonds is 4. The van der Waals surface area contributed by atoms with Crippen LogP contribution in [0.2, 0.25) is 0 Å². The number of piperidine rings is 1. The molecule has 1 aromatic heterocycles. The van der Waals surface area contributed by atoms with Gasteiger partial charge in [-0.1, -0.05) is 13.8 Å². The minimum atomic E-state index is 0.440. The van der Waals surface area contributed by atoms with Gasteiger partial charge in [0.25, 0.3) is 0 Å². The van der Waals surface area contributed by atoms with Gasteiger partial charge < -0.3 is 10.6 Å².